The van der Waals surface area contributed by atoms with Crippen molar-refractivity contribution in [2.24, 2.45) is 5.73 Å². The standard InChI is InChI=1S/C23H21FN2O2/c1-4-20(27)26-8-7-14-5-6-15(10-19(14)26)22-18(24)11-17(23(25)28)16-9-12(2)13(3)21(16)22/h4-6,10-11H,1,7-9H2,2-3H3,(H2,25,28). The zero-order valence-electron chi connectivity index (χ0n) is 15.9. The molecule has 0 bridgehead atoms. The van der Waals surface area contributed by atoms with Gasteiger partial charge in [0.1, 0.15) is 5.82 Å². The molecule has 4 rings (SSSR count). The van der Waals surface area contributed by atoms with Crippen LogP contribution in [0.3, 0.4) is 0 Å². The molecule has 28 heavy (non-hydrogen) atoms. The number of carbonyl (C=O) groups excluding carboxylic acids is 2. The van der Waals surface area contributed by atoms with E-state index in [0.717, 1.165) is 39.9 Å². The normalized spacial score (nSPS) is 14.9. The van der Waals surface area contributed by atoms with Gasteiger partial charge in [-0.3, -0.25) is 9.59 Å². The maximum Gasteiger partial charge on any atom is 0.250 e. The molecule has 5 heteroatoms. The van der Waals surface area contributed by atoms with Gasteiger partial charge in [0.2, 0.25) is 11.8 Å². The molecule has 2 N–H and O–H groups in total. The predicted octanol–water partition coefficient (Wildman–Crippen LogP) is 4.02. The second kappa shape index (κ2) is 6.44. The number of nitrogens with two attached hydrogens (primary N) is 1. The number of carbonyl (C=O) groups is 2. The van der Waals surface area contributed by atoms with Crippen LogP contribution in [0.25, 0.3) is 16.7 Å². The molecule has 1 heterocycles. The van der Waals surface area contributed by atoms with Crippen LogP contribution in [0.4, 0.5) is 10.1 Å². The van der Waals surface area contributed by atoms with E-state index in [1.165, 1.54) is 12.1 Å². The monoisotopic (exact) mass is 376 g/mol. The van der Waals surface area contributed by atoms with Crippen LogP contribution in [0, 0.1) is 5.82 Å². The molecule has 1 aliphatic heterocycles. The second-order valence-corrected chi connectivity index (χ2v) is 7.37. The summed E-state index contributed by atoms with van der Waals surface area (Å²) >= 11 is 0. The van der Waals surface area contributed by atoms with Gasteiger partial charge >= 0.3 is 0 Å². The third-order valence-corrected chi connectivity index (χ3v) is 5.82. The number of hydrogen-bond donors (Lipinski definition) is 1. The van der Waals surface area contributed by atoms with E-state index in [1.807, 2.05) is 32.0 Å². The Morgan fingerprint density at radius 1 is 1.21 bits per heavy atom. The average molecular weight is 376 g/mol. The number of hydrogen-bond acceptors (Lipinski definition) is 2. The Hall–Kier alpha value is -3.21. The van der Waals surface area contributed by atoms with Crippen molar-refractivity contribution in [1.29, 1.82) is 0 Å². The number of allylic oxidation sites excluding steroid dienone is 2. The lowest BCUT2D eigenvalue weighted by Gasteiger charge is -2.18. The maximum absolute atomic E-state index is 15.2. The first-order valence-electron chi connectivity index (χ1n) is 9.22. The van der Waals surface area contributed by atoms with Gasteiger partial charge in [0.25, 0.3) is 0 Å². The molecule has 0 saturated carbocycles. The van der Waals surface area contributed by atoms with Crippen LogP contribution < -0.4 is 10.6 Å². The first kappa shape index (κ1) is 18.2. The van der Waals surface area contributed by atoms with Gasteiger partial charge < -0.3 is 10.6 Å². The fourth-order valence-corrected chi connectivity index (χ4v) is 4.28. The highest BCUT2D eigenvalue weighted by Gasteiger charge is 2.29. The van der Waals surface area contributed by atoms with E-state index in [4.69, 9.17) is 5.73 Å². The molecule has 142 valence electrons. The molecule has 2 aromatic carbocycles. The highest BCUT2D eigenvalue weighted by atomic mass is 19.1. The van der Waals surface area contributed by atoms with Crippen molar-refractivity contribution >= 4 is 23.1 Å². The van der Waals surface area contributed by atoms with Crippen molar-refractivity contribution in [3.05, 3.63) is 70.6 Å². The van der Waals surface area contributed by atoms with Crippen molar-refractivity contribution in [3.63, 3.8) is 0 Å². The van der Waals surface area contributed by atoms with E-state index in [-0.39, 0.29) is 11.5 Å². The Morgan fingerprint density at radius 2 is 1.96 bits per heavy atom. The number of nitrogens with zero attached hydrogens (tertiary/aromatic N) is 1. The van der Waals surface area contributed by atoms with Crippen molar-refractivity contribution in [2.75, 3.05) is 11.4 Å². The summed E-state index contributed by atoms with van der Waals surface area (Å²) in [5, 5.41) is 0. The number of anilines is 1. The second-order valence-electron chi connectivity index (χ2n) is 7.37. The number of halogens is 1. The molecule has 0 aromatic heterocycles. The zero-order valence-corrected chi connectivity index (χ0v) is 15.9. The lowest BCUT2D eigenvalue weighted by atomic mass is 9.89. The largest absolute Gasteiger partial charge is 0.366 e. The molecule has 0 radical (unpaired) electrons. The van der Waals surface area contributed by atoms with Gasteiger partial charge in [-0.1, -0.05) is 24.3 Å². The van der Waals surface area contributed by atoms with E-state index in [0.29, 0.717) is 24.1 Å². The molecular formula is C23H21FN2O2. The summed E-state index contributed by atoms with van der Waals surface area (Å²) < 4.78 is 15.2. The van der Waals surface area contributed by atoms with Crippen LogP contribution in [0.2, 0.25) is 0 Å². The van der Waals surface area contributed by atoms with Crippen LogP contribution in [-0.4, -0.2) is 18.4 Å². The Morgan fingerprint density at radius 3 is 2.64 bits per heavy atom. The molecular weight excluding hydrogens is 355 g/mol. The molecule has 4 nitrogen and oxygen atoms in total. The van der Waals surface area contributed by atoms with Crippen LogP contribution >= 0.6 is 0 Å². The minimum atomic E-state index is -0.624. The van der Waals surface area contributed by atoms with Crippen molar-refractivity contribution in [2.45, 2.75) is 26.7 Å². The molecule has 0 atom stereocenters. The molecule has 2 amide bonds. The Bertz CT molecular complexity index is 1100. The number of benzene rings is 2. The minimum absolute atomic E-state index is 0.169. The summed E-state index contributed by atoms with van der Waals surface area (Å²) in [7, 11) is 0. The molecule has 0 fully saturated rings. The van der Waals surface area contributed by atoms with Gasteiger partial charge in [0.15, 0.2) is 0 Å². The van der Waals surface area contributed by atoms with Crippen molar-refractivity contribution < 1.29 is 14.0 Å². The minimum Gasteiger partial charge on any atom is -0.366 e. The first-order chi connectivity index (χ1) is 13.3. The van der Waals surface area contributed by atoms with Crippen LogP contribution in [0.1, 0.15) is 40.9 Å². The van der Waals surface area contributed by atoms with Crippen molar-refractivity contribution in [1.82, 2.24) is 0 Å². The average Bonchev–Trinajstić information content (AvgIpc) is 3.22. The Kier molecular flexibility index (Phi) is 4.18. The lowest BCUT2D eigenvalue weighted by Crippen LogP contribution is -2.26. The Balaban J connectivity index is 1.95. The van der Waals surface area contributed by atoms with Gasteiger partial charge in [-0.05, 0) is 72.7 Å². The highest BCUT2D eigenvalue weighted by Crippen LogP contribution is 2.44. The van der Waals surface area contributed by atoms with Gasteiger partial charge in [0, 0.05) is 23.4 Å². The topological polar surface area (TPSA) is 63.4 Å². The summed E-state index contributed by atoms with van der Waals surface area (Å²) in [6.07, 6.45) is 2.63. The van der Waals surface area contributed by atoms with E-state index < -0.39 is 11.7 Å². The summed E-state index contributed by atoms with van der Waals surface area (Å²) in [6, 6.07) is 6.91. The molecule has 0 unspecified atom stereocenters. The smallest absolute Gasteiger partial charge is 0.250 e. The predicted molar refractivity (Wildman–Crippen MR) is 109 cm³/mol. The van der Waals surface area contributed by atoms with Crippen LogP contribution in [0.15, 0.2) is 42.5 Å². The number of primary amides is 1. The Labute approximate surface area is 163 Å². The highest BCUT2D eigenvalue weighted by molar-refractivity contribution is 6.04. The van der Waals surface area contributed by atoms with E-state index in [9.17, 15) is 9.59 Å². The number of fused-ring (bicyclic) bond motifs is 2. The van der Waals surface area contributed by atoms with Gasteiger partial charge in [-0.25, -0.2) is 4.39 Å². The lowest BCUT2D eigenvalue weighted by molar-refractivity contribution is -0.114. The van der Waals surface area contributed by atoms with E-state index in [1.54, 1.807) is 4.90 Å². The van der Waals surface area contributed by atoms with E-state index >= 15 is 4.39 Å². The van der Waals surface area contributed by atoms with Gasteiger partial charge in [-0.15, -0.1) is 0 Å². The summed E-state index contributed by atoms with van der Waals surface area (Å²) in [5.74, 6) is -1.28. The third-order valence-electron chi connectivity index (χ3n) is 5.82. The quantitative estimate of drug-likeness (QED) is 0.823. The summed E-state index contributed by atoms with van der Waals surface area (Å²) in [6.45, 7) is 8.07. The zero-order chi connectivity index (χ0) is 20.2. The summed E-state index contributed by atoms with van der Waals surface area (Å²) in [4.78, 5) is 25.7. The number of amides is 2. The molecule has 0 saturated heterocycles. The maximum atomic E-state index is 15.2. The van der Waals surface area contributed by atoms with Gasteiger partial charge in [0.05, 0.1) is 0 Å². The van der Waals surface area contributed by atoms with Crippen LogP contribution in [-0.2, 0) is 17.6 Å². The molecule has 1 aliphatic carbocycles. The number of rotatable bonds is 3. The first-order valence-corrected chi connectivity index (χ1v) is 9.22. The van der Waals surface area contributed by atoms with Crippen LogP contribution in [0.5, 0.6) is 0 Å². The third kappa shape index (κ3) is 2.58. The fourth-order valence-electron chi connectivity index (χ4n) is 4.28. The van der Waals surface area contributed by atoms with Gasteiger partial charge in [-0.2, -0.15) is 0 Å². The van der Waals surface area contributed by atoms with E-state index in [2.05, 4.69) is 6.58 Å². The SMILES string of the molecule is C=CC(=O)N1CCc2ccc(-c3c(F)cc(C(N)=O)c4c3C(C)=C(C)C4)cc21. The fraction of sp³-hybridized carbons (Fsp3) is 0.217. The summed E-state index contributed by atoms with van der Waals surface area (Å²) in [5.41, 5.74) is 12.3. The molecule has 0 spiro atoms. The molecule has 2 aliphatic rings. The molecule has 2 aromatic rings. The van der Waals surface area contributed by atoms with Crippen molar-refractivity contribution in [3.8, 4) is 11.1 Å².